The summed E-state index contributed by atoms with van der Waals surface area (Å²) in [6.45, 7) is 1.13. The first-order valence-electron chi connectivity index (χ1n) is 5.14. The van der Waals surface area contributed by atoms with E-state index in [0.717, 1.165) is 4.47 Å². The standard InChI is InChI=1S/C11H13BrFN3OS/c1-17-5-4-14-11(18)16-15-7-8-6-9(12)2-3-10(8)13/h2-3,6-7H,4-5H2,1H3,(H2,14,16,18)/b15-7+. The van der Waals surface area contributed by atoms with E-state index in [1.807, 2.05) is 0 Å². The minimum Gasteiger partial charge on any atom is -0.383 e. The number of nitrogens with one attached hydrogen (secondary N) is 2. The van der Waals surface area contributed by atoms with Crippen LogP contribution in [0.15, 0.2) is 27.8 Å². The molecule has 18 heavy (non-hydrogen) atoms. The molecule has 1 rings (SSSR count). The van der Waals surface area contributed by atoms with E-state index in [1.54, 1.807) is 19.2 Å². The maximum atomic E-state index is 13.3. The van der Waals surface area contributed by atoms with Crippen LogP contribution in [0.1, 0.15) is 5.56 Å². The second kappa shape index (κ2) is 8.12. The predicted molar refractivity (Wildman–Crippen MR) is 77.3 cm³/mol. The molecule has 0 amide bonds. The van der Waals surface area contributed by atoms with Crippen LogP contribution in [0.2, 0.25) is 0 Å². The number of hydrazone groups is 1. The maximum Gasteiger partial charge on any atom is 0.187 e. The number of methoxy groups -OCH3 is 1. The highest BCUT2D eigenvalue weighted by molar-refractivity contribution is 9.10. The second-order valence-electron chi connectivity index (χ2n) is 3.28. The Hall–Kier alpha value is -1.05. The van der Waals surface area contributed by atoms with Gasteiger partial charge in [-0.15, -0.1) is 0 Å². The second-order valence-corrected chi connectivity index (χ2v) is 4.61. The van der Waals surface area contributed by atoms with E-state index in [4.69, 9.17) is 17.0 Å². The molecule has 0 heterocycles. The lowest BCUT2D eigenvalue weighted by Crippen LogP contribution is -2.34. The van der Waals surface area contributed by atoms with Crippen LogP contribution in [0.5, 0.6) is 0 Å². The summed E-state index contributed by atoms with van der Waals surface area (Å²) in [6, 6.07) is 4.61. The largest absolute Gasteiger partial charge is 0.383 e. The Kier molecular flexibility index (Phi) is 6.77. The molecule has 7 heteroatoms. The number of benzene rings is 1. The lowest BCUT2D eigenvalue weighted by atomic mass is 10.2. The van der Waals surface area contributed by atoms with Crippen LogP contribution in [0.4, 0.5) is 4.39 Å². The minimum absolute atomic E-state index is 0.345. The van der Waals surface area contributed by atoms with E-state index in [9.17, 15) is 4.39 Å². The van der Waals surface area contributed by atoms with Gasteiger partial charge in [-0.25, -0.2) is 4.39 Å². The monoisotopic (exact) mass is 333 g/mol. The predicted octanol–water partition coefficient (Wildman–Crippen LogP) is 2.03. The van der Waals surface area contributed by atoms with Gasteiger partial charge in [0.1, 0.15) is 5.82 Å². The Labute approximate surface area is 119 Å². The van der Waals surface area contributed by atoms with Crippen molar-refractivity contribution < 1.29 is 9.13 Å². The third-order valence-electron chi connectivity index (χ3n) is 1.92. The molecule has 4 nitrogen and oxygen atoms in total. The molecule has 0 aliphatic heterocycles. The molecular weight excluding hydrogens is 321 g/mol. The Morgan fingerprint density at radius 2 is 2.39 bits per heavy atom. The topological polar surface area (TPSA) is 45.6 Å². The third-order valence-corrected chi connectivity index (χ3v) is 2.65. The maximum absolute atomic E-state index is 13.3. The number of nitrogens with zero attached hydrogens (tertiary/aromatic N) is 1. The molecule has 1 aromatic rings. The average Bonchev–Trinajstić information content (AvgIpc) is 2.34. The zero-order valence-electron chi connectivity index (χ0n) is 9.74. The number of halogens is 2. The van der Waals surface area contributed by atoms with Crippen molar-refractivity contribution in [1.29, 1.82) is 0 Å². The van der Waals surface area contributed by atoms with Gasteiger partial charge in [0.05, 0.1) is 12.8 Å². The minimum atomic E-state index is -0.345. The summed E-state index contributed by atoms with van der Waals surface area (Å²) in [7, 11) is 1.60. The van der Waals surface area contributed by atoms with Crippen molar-refractivity contribution >= 4 is 39.5 Å². The van der Waals surface area contributed by atoms with Gasteiger partial charge < -0.3 is 10.1 Å². The van der Waals surface area contributed by atoms with Crippen LogP contribution < -0.4 is 10.7 Å². The zero-order chi connectivity index (χ0) is 13.4. The summed E-state index contributed by atoms with van der Waals surface area (Å²) < 4.78 is 19.0. The van der Waals surface area contributed by atoms with E-state index in [0.29, 0.717) is 23.8 Å². The molecule has 0 aliphatic rings. The van der Waals surface area contributed by atoms with Gasteiger partial charge in [0.2, 0.25) is 0 Å². The Morgan fingerprint density at radius 1 is 1.61 bits per heavy atom. The number of rotatable bonds is 5. The highest BCUT2D eigenvalue weighted by Crippen LogP contribution is 2.13. The highest BCUT2D eigenvalue weighted by Gasteiger charge is 1.99. The summed E-state index contributed by atoms with van der Waals surface area (Å²) >= 11 is 8.21. The van der Waals surface area contributed by atoms with Crippen LogP contribution >= 0.6 is 28.1 Å². The summed E-state index contributed by atoms with van der Waals surface area (Å²) in [5.41, 5.74) is 2.96. The van der Waals surface area contributed by atoms with Crippen molar-refractivity contribution in [2.45, 2.75) is 0 Å². The average molecular weight is 334 g/mol. The molecule has 98 valence electrons. The molecule has 0 aliphatic carbocycles. The fourth-order valence-electron chi connectivity index (χ4n) is 1.08. The molecule has 0 atom stereocenters. The summed E-state index contributed by atoms with van der Waals surface area (Å²) in [6.07, 6.45) is 1.37. The molecule has 0 saturated heterocycles. The summed E-state index contributed by atoms with van der Waals surface area (Å²) in [5, 5.41) is 7.08. The molecule has 1 aromatic carbocycles. The van der Waals surface area contributed by atoms with E-state index < -0.39 is 0 Å². The molecular formula is C11H13BrFN3OS. The quantitative estimate of drug-likeness (QED) is 0.374. The number of ether oxygens (including phenoxy) is 1. The molecule has 0 saturated carbocycles. The van der Waals surface area contributed by atoms with Gasteiger partial charge in [-0.1, -0.05) is 15.9 Å². The molecule has 0 fully saturated rings. The fourth-order valence-corrected chi connectivity index (χ4v) is 1.61. The fraction of sp³-hybridized carbons (Fsp3) is 0.273. The molecule has 0 spiro atoms. The van der Waals surface area contributed by atoms with Gasteiger partial charge in [0.25, 0.3) is 0 Å². The van der Waals surface area contributed by atoms with Gasteiger partial charge in [0, 0.05) is 23.7 Å². The Balaban J connectivity index is 2.44. The van der Waals surface area contributed by atoms with Gasteiger partial charge in [0.15, 0.2) is 5.11 Å². The number of thiocarbonyl (C=S) groups is 1. The first kappa shape index (κ1) is 15.0. The highest BCUT2D eigenvalue weighted by atomic mass is 79.9. The number of hydrogen-bond acceptors (Lipinski definition) is 3. The van der Waals surface area contributed by atoms with Gasteiger partial charge in [-0.05, 0) is 30.4 Å². The normalized spacial score (nSPS) is 10.6. The van der Waals surface area contributed by atoms with Crippen LogP contribution in [0.25, 0.3) is 0 Å². The smallest absolute Gasteiger partial charge is 0.187 e. The van der Waals surface area contributed by atoms with Crippen molar-refractivity contribution in [3.8, 4) is 0 Å². The molecule has 0 unspecified atom stereocenters. The Bertz CT molecular complexity index is 442. The van der Waals surface area contributed by atoms with Crippen molar-refractivity contribution in [2.75, 3.05) is 20.3 Å². The molecule has 0 aromatic heterocycles. The number of hydrogen-bond donors (Lipinski definition) is 2. The van der Waals surface area contributed by atoms with Crippen LogP contribution in [0.3, 0.4) is 0 Å². The van der Waals surface area contributed by atoms with Crippen molar-refractivity contribution in [3.05, 3.63) is 34.1 Å². The molecule has 0 bridgehead atoms. The lowest BCUT2D eigenvalue weighted by molar-refractivity contribution is 0.204. The van der Waals surface area contributed by atoms with Gasteiger partial charge >= 0.3 is 0 Å². The van der Waals surface area contributed by atoms with E-state index in [-0.39, 0.29) is 5.82 Å². The lowest BCUT2D eigenvalue weighted by Gasteiger charge is -2.05. The first-order valence-corrected chi connectivity index (χ1v) is 6.34. The van der Waals surface area contributed by atoms with E-state index >= 15 is 0 Å². The van der Waals surface area contributed by atoms with Gasteiger partial charge in [-0.3, -0.25) is 5.43 Å². The Morgan fingerprint density at radius 3 is 3.11 bits per heavy atom. The summed E-state index contributed by atoms with van der Waals surface area (Å²) in [5.74, 6) is -0.345. The summed E-state index contributed by atoms with van der Waals surface area (Å²) in [4.78, 5) is 0. The third kappa shape index (κ3) is 5.52. The van der Waals surface area contributed by atoms with Crippen molar-refractivity contribution in [3.63, 3.8) is 0 Å². The van der Waals surface area contributed by atoms with Crippen molar-refractivity contribution in [2.24, 2.45) is 5.10 Å². The first-order chi connectivity index (χ1) is 8.63. The molecule has 0 radical (unpaired) electrons. The van der Waals surface area contributed by atoms with Crippen molar-refractivity contribution in [1.82, 2.24) is 10.7 Å². The zero-order valence-corrected chi connectivity index (χ0v) is 12.1. The SMILES string of the molecule is COCCNC(=S)N/N=C/c1cc(Br)ccc1F. The van der Waals surface area contributed by atoms with Crippen LogP contribution in [-0.4, -0.2) is 31.6 Å². The van der Waals surface area contributed by atoms with E-state index in [2.05, 4.69) is 31.8 Å². The van der Waals surface area contributed by atoms with Crippen LogP contribution in [0, 0.1) is 5.82 Å². The van der Waals surface area contributed by atoms with E-state index in [1.165, 1.54) is 12.3 Å². The molecule has 2 N–H and O–H groups in total. The van der Waals surface area contributed by atoms with Crippen LogP contribution in [-0.2, 0) is 4.74 Å². The van der Waals surface area contributed by atoms with Gasteiger partial charge in [-0.2, -0.15) is 5.10 Å².